The van der Waals surface area contributed by atoms with E-state index < -0.39 is 5.91 Å². The summed E-state index contributed by atoms with van der Waals surface area (Å²) in [5.41, 5.74) is 8.19. The van der Waals surface area contributed by atoms with Gasteiger partial charge in [-0.05, 0) is 62.3 Å². The van der Waals surface area contributed by atoms with Gasteiger partial charge in [0.1, 0.15) is 6.10 Å². The molecule has 35 heavy (non-hydrogen) atoms. The molecule has 2 fully saturated rings. The molecule has 0 unspecified atom stereocenters. The van der Waals surface area contributed by atoms with E-state index in [0.29, 0.717) is 16.3 Å². The Labute approximate surface area is 205 Å². The van der Waals surface area contributed by atoms with Crippen LogP contribution in [-0.2, 0) is 0 Å². The number of nitrogens with two attached hydrogens (primary N) is 1. The van der Waals surface area contributed by atoms with Gasteiger partial charge in [-0.15, -0.1) is 0 Å². The average molecular weight is 493 g/mol. The number of hydrogen-bond donors (Lipinski definition) is 2. The number of benzene rings is 1. The molecule has 2 aliphatic rings. The lowest BCUT2D eigenvalue weighted by Gasteiger charge is -2.57. The Morgan fingerprint density at radius 2 is 1.97 bits per heavy atom. The van der Waals surface area contributed by atoms with Crippen molar-refractivity contribution < 1.29 is 19.1 Å². The van der Waals surface area contributed by atoms with Crippen molar-refractivity contribution in [2.75, 3.05) is 7.11 Å². The number of carbonyl (C=O) groups is 2. The molecule has 2 heterocycles. The SMILES string of the molecule is COc1nc(OC2CC3(CC(NC(=O)c4cnn(-c5ccc(C#N)cc5)c4C)C3)C2)c(C(N)=O)s1. The minimum absolute atomic E-state index is 0.0375. The van der Waals surface area contributed by atoms with Crippen molar-refractivity contribution in [1.82, 2.24) is 20.1 Å². The van der Waals surface area contributed by atoms with Crippen LogP contribution in [0.15, 0.2) is 30.5 Å². The second kappa shape index (κ2) is 8.70. The van der Waals surface area contributed by atoms with Crippen LogP contribution < -0.4 is 20.5 Å². The van der Waals surface area contributed by atoms with E-state index >= 15 is 0 Å². The van der Waals surface area contributed by atoms with E-state index in [4.69, 9.17) is 20.5 Å². The summed E-state index contributed by atoms with van der Waals surface area (Å²) in [6.45, 7) is 1.85. The van der Waals surface area contributed by atoms with Gasteiger partial charge < -0.3 is 20.5 Å². The lowest BCUT2D eigenvalue weighted by Crippen LogP contribution is -2.58. The molecule has 0 aliphatic heterocycles. The molecule has 1 aromatic carbocycles. The first-order valence-electron chi connectivity index (χ1n) is 11.2. The molecular weight excluding hydrogens is 468 g/mol. The van der Waals surface area contributed by atoms with E-state index in [1.807, 2.05) is 6.92 Å². The number of thiazole rings is 1. The molecule has 0 saturated heterocycles. The molecule has 3 aromatic rings. The van der Waals surface area contributed by atoms with Crippen molar-refractivity contribution >= 4 is 23.2 Å². The topological polar surface area (TPSA) is 145 Å². The van der Waals surface area contributed by atoms with Crippen molar-refractivity contribution in [3.8, 4) is 22.8 Å². The first-order valence-corrected chi connectivity index (χ1v) is 12.0. The van der Waals surface area contributed by atoms with E-state index in [9.17, 15) is 9.59 Å². The maximum absolute atomic E-state index is 12.9. The zero-order valence-corrected chi connectivity index (χ0v) is 20.1. The summed E-state index contributed by atoms with van der Waals surface area (Å²) in [5, 5.41) is 16.8. The molecule has 2 aliphatic carbocycles. The number of nitriles is 1. The van der Waals surface area contributed by atoms with Crippen molar-refractivity contribution in [1.29, 1.82) is 5.26 Å². The number of primary amides is 1. The molecule has 0 atom stereocenters. The Morgan fingerprint density at radius 1 is 1.26 bits per heavy atom. The van der Waals surface area contributed by atoms with E-state index in [1.165, 1.54) is 7.11 Å². The number of ether oxygens (including phenoxy) is 2. The molecule has 5 rings (SSSR count). The van der Waals surface area contributed by atoms with Gasteiger partial charge in [-0.25, -0.2) is 4.68 Å². The smallest absolute Gasteiger partial charge is 0.277 e. The number of amides is 2. The number of aromatic nitrogens is 3. The summed E-state index contributed by atoms with van der Waals surface area (Å²) in [7, 11) is 1.48. The molecule has 2 aromatic heterocycles. The van der Waals surface area contributed by atoms with E-state index in [1.54, 1.807) is 35.1 Å². The van der Waals surface area contributed by atoms with Crippen LogP contribution in [-0.4, -0.2) is 45.8 Å². The highest BCUT2D eigenvalue weighted by molar-refractivity contribution is 7.15. The highest BCUT2D eigenvalue weighted by Gasteiger charge is 2.54. The molecule has 11 heteroatoms. The van der Waals surface area contributed by atoms with Crippen LogP contribution in [0.2, 0.25) is 0 Å². The Bertz CT molecular complexity index is 1320. The van der Waals surface area contributed by atoms with Crippen molar-refractivity contribution in [2.24, 2.45) is 11.1 Å². The van der Waals surface area contributed by atoms with E-state index in [2.05, 4.69) is 21.5 Å². The fourth-order valence-electron chi connectivity index (χ4n) is 5.01. The number of methoxy groups -OCH3 is 1. The molecule has 2 amide bonds. The van der Waals surface area contributed by atoms with Gasteiger partial charge >= 0.3 is 0 Å². The fraction of sp³-hybridized carbons (Fsp3) is 0.375. The zero-order valence-electron chi connectivity index (χ0n) is 19.3. The predicted octanol–water partition coefficient (Wildman–Crippen LogP) is 2.74. The molecule has 3 N–H and O–H groups in total. The molecule has 0 bridgehead atoms. The van der Waals surface area contributed by atoms with Gasteiger partial charge in [-0.3, -0.25) is 9.59 Å². The number of carbonyl (C=O) groups excluding carboxylic acids is 2. The number of hydrogen-bond acceptors (Lipinski definition) is 8. The van der Waals surface area contributed by atoms with Crippen LogP contribution in [0.5, 0.6) is 11.1 Å². The first-order chi connectivity index (χ1) is 16.8. The van der Waals surface area contributed by atoms with E-state index in [0.717, 1.165) is 48.4 Å². The second-order valence-electron chi connectivity index (χ2n) is 9.12. The molecule has 180 valence electrons. The van der Waals surface area contributed by atoms with Crippen LogP contribution in [0.1, 0.15) is 57.0 Å². The summed E-state index contributed by atoms with van der Waals surface area (Å²) in [5.74, 6) is -0.493. The van der Waals surface area contributed by atoms with Crippen LogP contribution in [0, 0.1) is 23.7 Å². The van der Waals surface area contributed by atoms with Crippen LogP contribution >= 0.6 is 11.3 Å². The van der Waals surface area contributed by atoms with Crippen LogP contribution in [0.4, 0.5) is 0 Å². The Kier molecular flexibility index (Phi) is 5.68. The van der Waals surface area contributed by atoms with Crippen LogP contribution in [0.3, 0.4) is 0 Å². The second-order valence-corrected chi connectivity index (χ2v) is 10.1. The van der Waals surface area contributed by atoms with Gasteiger partial charge in [0.25, 0.3) is 17.0 Å². The van der Waals surface area contributed by atoms with Gasteiger partial charge in [0, 0.05) is 6.04 Å². The van der Waals surface area contributed by atoms with Crippen LogP contribution in [0.25, 0.3) is 5.69 Å². The average Bonchev–Trinajstić information content (AvgIpc) is 3.39. The maximum Gasteiger partial charge on any atom is 0.277 e. The largest absolute Gasteiger partial charge is 0.473 e. The summed E-state index contributed by atoms with van der Waals surface area (Å²) < 4.78 is 12.7. The van der Waals surface area contributed by atoms with Gasteiger partial charge in [-0.1, -0.05) is 11.3 Å². The third-order valence-corrected chi connectivity index (χ3v) is 7.78. The number of nitrogens with one attached hydrogen (secondary N) is 1. The number of rotatable bonds is 7. The fourth-order valence-corrected chi connectivity index (χ4v) is 5.68. The minimum Gasteiger partial charge on any atom is -0.473 e. The molecule has 1 spiro atoms. The number of nitrogens with zero attached hydrogens (tertiary/aromatic N) is 4. The highest BCUT2D eigenvalue weighted by Crippen LogP contribution is 2.57. The summed E-state index contributed by atoms with van der Waals surface area (Å²) in [4.78, 5) is 29.0. The van der Waals surface area contributed by atoms with E-state index in [-0.39, 0.29) is 34.2 Å². The summed E-state index contributed by atoms with van der Waals surface area (Å²) in [6.07, 6.45) is 4.97. The summed E-state index contributed by atoms with van der Waals surface area (Å²) >= 11 is 1.07. The summed E-state index contributed by atoms with van der Waals surface area (Å²) in [6, 6.07) is 9.24. The molecule has 2 saturated carbocycles. The third kappa shape index (κ3) is 4.21. The van der Waals surface area contributed by atoms with Crippen molar-refractivity contribution in [2.45, 2.75) is 44.8 Å². The molecule has 0 radical (unpaired) electrons. The lowest BCUT2D eigenvalue weighted by atomic mass is 9.53. The Balaban J connectivity index is 1.14. The minimum atomic E-state index is -0.584. The lowest BCUT2D eigenvalue weighted by molar-refractivity contribution is -0.0846. The first kappa shape index (κ1) is 22.9. The Morgan fingerprint density at radius 3 is 2.60 bits per heavy atom. The molecular formula is C24H24N6O4S. The van der Waals surface area contributed by atoms with Gasteiger partial charge in [0.15, 0.2) is 4.88 Å². The quantitative estimate of drug-likeness (QED) is 0.516. The maximum atomic E-state index is 12.9. The standard InChI is InChI=1S/C24H24N6O4S/c1-13-18(12-27-30(13)16-5-3-14(11-25)4-6-16)21(32)28-15-7-24(8-15)9-17(10-24)34-22-19(20(26)31)35-23(29-22)33-2/h3-6,12,15,17H,7-10H2,1-2H3,(H2,26,31)(H,28,32). The van der Waals surface area contributed by atoms with Gasteiger partial charge in [-0.2, -0.15) is 15.3 Å². The van der Waals surface area contributed by atoms with Crippen molar-refractivity contribution in [3.63, 3.8) is 0 Å². The highest BCUT2D eigenvalue weighted by atomic mass is 32.1. The predicted molar refractivity (Wildman–Crippen MR) is 127 cm³/mol. The van der Waals surface area contributed by atoms with Gasteiger partial charge in [0.05, 0.1) is 41.9 Å². The normalized spacial score (nSPS) is 22.5. The monoisotopic (exact) mass is 492 g/mol. The Hall–Kier alpha value is -3.91. The van der Waals surface area contributed by atoms with Crippen molar-refractivity contribution in [3.05, 3.63) is 52.2 Å². The molecule has 10 nitrogen and oxygen atoms in total. The zero-order chi connectivity index (χ0) is 24.7. The third-order valence-electron chi connectivity index (χ3n) is 6.76. The van der Waals surface area contributed by atoms with Gasteiger partial charge in [0.2, 0.25) is 5.88 Å².